The van der Waals surface area contributed by atoms with Crippen LogP contribution in [-0.4, -0.2) is 70.3 Å². The summed E-state index contributed by atoms with van der Waals surface area (Å²) in [6.45, 7) is 4.17. The molecule has 0 spiro atoms. The molecule has 4 rings (SSSR count). The zero-order valence-corrected chi connectivity index (χ0v) is 16.4. The van der Waals surface area contributed by atoms with Crippen LogP contribution in [0.4, 0.5) is 0 Å². The fourth-order valence-electron chi connectivity index (χ4n) is 4.36. The van der Waals surface area contributed by atoms with Gasteiger partial charge in [0.25, 0.3) is 0 Å². The number of ether oxygens (including phenoxy) is 1. The summed E-state index contributed by atoms with van der Waals surface area (Å²) >= 11 is 0. The molecule has 7 heteroatoms. The van der Waals surface area contributed by atoms with Crippen LogP contribution in [0.3, 0.4) is 0 Å². The molecule has 146 valence electrons. The van der Waals surface area contributed by atoms with Crippen molar-refractivity contribution in [3.63, 3.8) is 0 Å². The molecule has 0 radical (unpaired) electrons. The van der Waals surface area contributed by atoms with Gasteiger partial charge in [-0.05, 0) is 48.0 Å². The van der Waals surface area contributed by atoms with Gasteiger partial charge in [-0.1, -0.05) is 31.4 Å². The number of methoxy groups -OCH3 is 1. The van der Waals surface area contributed by atoms with Crippen LogP contribution in [0.1, 0.15) is 55.6 Å². The molecule has 27 heavy (non-hydrogen) atoms. The summed E-state index contributed by atoms with van der Waals surface area (Å²) in [7, 11) is 3.89. The quantitative estimate of drug-likeness (QED) is 0.806. The van der Waals surface area contributed by atoms with E-state index in [1.54, 1.807) is 7.11 Å². The first kappa shape index (κ1) is 18.4. The van der Waals surface area contributed by atoms with Crippen LogP contribution < -0.4 is 4.74 Å². The highest BCUT2D eigenvalue weighted by molar-refractivity contribution is 5.32. The van der Waals surface area contributed by atoms with Gasteiger partial charge in [0, 0.05) is 26.2 Å². The van der Waals surface area contributed by atoms with E-state index in [1.807, 2.05) is 12.1 Å². The molecule has 1 saturated heterocycles. The molecule has 2 aromatic rings. The largest absolute Gasteiger partial charge is 0.497 e. The average molecular weight is 371 g/mol. The van der Waals surface area contributed by atoms with Crippen LogP contribution in [0.15, 0.2) is 24.3 Å². The minimum atomic E-state index is 0.0848. The molecule has 1 aliphatic heterocycles. The second kappa shape index (κ2) is 8.35. The van der Waals surface area contributed by atoms with E-state index in [1.165, 1.54) is 37.7 Å². The summed E-state index contributed by atoms with van der Waals surface area (Å²) in [6.07, 6.45) is 6.22. The number of piperazine rings is 1. The molecule has 1 aromatic carbocycles. The maximum atomic E-state index is 5.35. The molecule has 7 nitrogen and oxygen atoms in total. The predicted octanol–water partition coefficient (Wildman–Crippen LogP) is 2.52. The van der Waals surface area contributed by atoms with Crippen molar-refractivity contribution in [2.24, 2.45) is 0 Å². The second-order valence-corrected chi connectivity index (χ2v) is 7.79. The van der Waals surface area contributed by atoms with Crippen molar-refractivity contribution in [2.45, 2.75) is 44.2 Å². The van der Waals surface area contributed by atoms with Crippen molar-refractivity contribution in [1.82, 2.24) is 30.0 Å². The minimum absolute atomic E-state index is 0.0848. The van der Waals surface area contributed by atoms with Crippen LogP contribution >= 0.6 is 0 Å². The number of tetrazole rings is 1. The van der Waals surface area contributed by atoms with Crippen molar-refractivity contribution in [2.75, 3.05) is 40.3 Å². The average Bonchev–Trinajstić information content (AvgIpc) is 3.20. The summed E-state index contributed by atoms with van der Waals surface area (Å²) in [6, 6.07) is 8.89. The molecular weight excluding hydrogens is 340 g/mol. The van der Waals surface area contributed by atoms with Crippen molar-refractivity contribution >= 4 is 0 Å². The molecule has 1 aliphatic carbocycles. The monoisotopic (exact) mass is 370 g/mol. The van der Waals surface area contributed by atoms with Gasteiger partial charge in [-0.15, -0.1) is 5.10 Å². The molecule has 1 aromatic heterocycles. The van der Waals surface area contributed by atoms with E-state index in [0.29, 0.717) is 6.04 Å². The van der Waals surface area contributed by atoms with Gasteiger partial charge < -0.3 is 9.64 Å². The standard InChI is InChI=1S/C20H30N6O/c1-24-12-14-25(15-13-24)19(16-8-10-18(27-2)11-9-16)20-21-22-23-26(20)17-6-4-3-5-7-17/h8-11,17,19H,3-7,12-15H2,1-2H3/t19-/m0/s1. The first-order valence-corrected chi connectivity index (χ1v) is 10.1. The third-order valence-corrected chi connectivity index (χ3v) is 6.02. The van der Waals surface area contributed by atoms with Gasteiger partial charge in [0.1, 0.15) is 5.75 Å². The molecule has 0 N–H and O–H groups in total. The maximum absolute atomic E-state index is 5.35. The lowest BCUT2D eigenvalue weighted by Gasteiger charge is -2.38. The summed E-state index contributed by atoms with van der Waals surface area (Å²) in [5, 5.41) is 13.0. The molecule has 0 unspecified atom stereocenters. The minimum Gasteiger partial charge on any atom is -0.497 e. The van der Waals surface area contributed by atoms with Crippen molar-refractivity contribution in [3.05, 3.63) is 35.7 Å². The van der Waals surface area contributed by atoms with Crippen LogP contribution in [0.5, 0.6) is 5.75 Å². The van der Waals surface area contributed by atoms with Gasteiger partial charge in [-0.25, -0.2) is 4.68 Å². The molecule has 2 fully saturated rings. The van der Waals surface area contributed by atoms with Crippen LogP contribution in [0.2, 0.25) is 0 Å². The van der Waals surface area contributed by atoms with Crippen molar-refractivity contribution in [3.8, 4) is 5.75 Å². The number of likely N-dealkylation sites (N-methyl/N-ethyl adjacent to an activating group) is 1. The zero-order valence-electron chi connectivity index (χ0n) is 16.4. The van der Waals surface area contributed by atoms with E-state index in [-0.39, 0.29) is 6.04 Å². The Morgan fingerprint density at radius 3 is 2.37 bits per heavy atom. The zero-order chi connectivity index (χ0) is 18.6. The third kappa shape index (κ3) is 3.99. The van der Waals surface area contributed by atoms with E-state index in [9.17, 15) is 0 Å². The first-order chi connectivity index (χ1) is 13.3. The number of hydrogen-bond acceptors (Lipinski definition) is 6. The fraction of sp³-hybridized carbons (Fsp3) is 0.650. The second-order valence-electron chi connectivity index (χ2n) is 7.79. The Labute approximate surface area is 161 Å². The Morgan fingerprint density at radius 1 is 1.00 bits per heavy atom. The van der Waals surface area contributed by atoms with Crippen molar-refractivity contribution in [1.29, 1.82) is 0 Å². The summed E-state index contributed by atoms with van der Waals surface area (Å²) in [4.78, 5) is 4.90. The summed E-state index contributed by atoms with van der Waals surface area (Å²) in [5.74, 6) is 1.86. The lowest BCUT2D eigenvalue weighted by molar-refractivity contribution is 0.119. The van der Waals surface area contributed by atoms with Crippen molar-refractivity contribution < 1.29 is 4.74 Å². The van der Waals surface area contributed by atoms with E-state index in [2.05, 4.69) is 49.2 Å². The Kier molecular flexibility index (Phi) is 5.69. The first-order valence-electron chi connectivity index (χ1n) is 10.1. The van der Waals surface area contributed by atoms with E-state index in [0.717, 1.165) is 37.8 Å². The molecule has 1 atom stereocenters. The van der Waals surface area contributed by atoms with Gasteiger partial charge in [0.05, 0.1) is 19.2 Å². The lowest BCUT2D eigenvalue weighted by Crippen LogP contribution is -2.46. The van der Waals surface area contributed by atoms with Gasteiger partial charge in [-0.3, -0.25) is 4.90 Å². The maximum Gasteiger partial charge on any atom is 0.173 e. The molecule has 1 saturated carbocycles. The highest BCUT2D eigenvalue weighted by atomic mass is 16.5. The van der Waals surface area contributed by atoms with Crippen LogP contribution in [0, 0.1) is 0 Å². The fourth-order valence-corrected chi connectivity index (χ4v) is 4.36. The molecule has 0 amide bonds. The summed E-state index contributed by atoms with van der Waals surface area (Å²) in [5.41, 5.74) is 1.23. The normalized spacial score (nSPS) is 21.3. The van der Waals surface area contributed by atoms with E-state index < -0.39 is 0 Å². The smallest absolute Gasteiger partial charge is 0.173 e. The molecular formula is C20H30N6O. The number of benzene rings is 1. The third-order valence-electron chi connectivity index (χ3n) is 6.02. The van der Waals surface area contributed by atoms with Gasteiger partial charge in [-0.2, -0.15) is 0 Å². The Balaban J connectivity index is 1.68. The Bertz CT molecular complexity index is 716. The number of hydrogen-bond donors (Lipinski definition) is 0. The van der Waals surface area contributed by atoms with Gasteiger partial charge in [0.15, 0.2) is 5.82 Å². The predicted molar refractivity (Wildman–Crippen MR) is 104 cm³/mol. The van der Waals surface area contributed by atoms with Gasteiger partial charge in [0.2, 0.25) is 0 Å². The molecule has 2 aliphatic rings. The van der Waals surface area contributed by atoms with Crippen LogP contribution in [-0.2, 0) is 0 Å². The lowest BCUT2D eigenvalue weighted by atomic mass is 9.95. The number of rotatable bonds is 5. The molecule has 0 bridgehead atoms. The number of aromatic nitrogens is 4. The number of nitrogens with zero attached hydrogens (tertiary/aromatic N) is 6. The Morgan fingerprint density at radius 2 is 1.70 bits per heavy atom. The van der Waals surface area contributed by atoms with E-state index >= 15 is 0 Å². The van der Waals surface area contributed by atoms with E-state index in [4.69, 9.17) is 4.74 Å². The molecule has 2 heterocycles. The topological polar surface area (TPSA) is 59.3 Å². The SMILES string of the molecule is COc1ccc([C@@H](c2nnnn2C2CCCCC2)N2CCN(C)CC2)cc1. The van der Waals surface area contributed by atoms with Gasteiger partial charge >= 0.3 is 0 Å². The highest BCUT2D eigenvalue weighted by Gasteiger charge is 2.32. The highest BCUT2D eigenvalue weighted by Crippen LogP contribution is 2.34. The van der Waals surface area contributed by atoms with Crippen LogP contribution in [0.25, 0.3) is 0 Å². The Hall–Kier alpha value is -1.99. The summed E-state index contributed by atoms with van der Waals surface area (Å²) < 4.78 is 7.47.